The zero-order valence-electron chi connectivity index (χ0n) is 19.3. The van der Waals surface area contributed by atoms with E-state index in [4.69, 9.17) is 4.74 Å². The van der Waals surface area contributed by atoms with E-state index in [0.29, 0.717) is 13.0 Å². The zero-order chi connectivity index (χ0) is 21.3. The van der Waals surface area contributed by atoms with Gasteiger partial charge in [0.2, 0.25) is 5.91 Å². The van der Waals surface area contributed by atoms with Crippen LogP contribution in [0.4, 0.5) is 0 Å². The maximum absolute atomic E-state index is 12.8. The Balaban J connectivity index is 2.15. The minimum atomic E-state index is -0.0231. The number of rotatable bonds is 9. The Bertz CT molecular complexity index is 559. The topological polar surface area (TPSA) is 48.4 Å². The molecule has 2 saturated heterocycles. The first-order valence-corrected chi connectivity index (χ1v) is 11.5. The minimum Gasteiger partial charge on any atom is -0.381 e. The van der Waals surface area contributed by atoms with Crippen LogP contribution in [0.5, 0.6) is 0 Å². The van der Waals surface area contributed by atoms with Crippen LogP contribution in [0.2, 0.25) is 0 Å². The first-order chi connectivity index (χ1) is 14.0. The molecule has 166 valence electrons. The van der Waals surface area contributed by atoms with Crippen molar-refractivity contribution in [3.8, 4) is 0 Å². The maximum Gasteiger partial charge on any atom is 0.227 e. The van der Waals surface area contributed by atoms with Gasteiger partial charge in [-0.3, -0.25) is 14.6 Å². The van der Waals surface area contributed by atoms with Gasteiger partial charge in [-0.25, -0.2) is 4.99 Å². The molecule has 0 aromatic carbocycles. The average Bonchev–Trinajstić information content (AvgIpc) is 2.75. The smallest absolute Gasteiger partial charge is 0.227 e. The first-order valence-electron chi connectivity index (χ1n) is 11.5. The van der Waals surface area contributed by atoms with Crippen LogP contribution < -0.4 is 0 Å². The van der Waals surface area contributed by atoms with Gasteiger partial charge in [0.25, 0.3) is 0 Å². The van der Waals surface area contributed by atoms with Crippen LogP contribution >= 0.6 is 0 Å². The molecule has 0 aliphatic carbocycles. The number of piperazine rings is 1. The van der Waals surface area contributed by atoms with E-state index in [0.717, 1.165) is 64.0 Å². The van der Waals surface area contributed by atoms with Crippen molar-refractivity contribution in [1.82, 2.24) is 14.7 Å². The minimum absolute atomic E-state index is 0.0231. The van der Waals surface area contributed by atoms with Gasteiger partial charge in [0, 0.05) is 64.1 Å². The second kappa shape index (κ2) is 11.8. The number of amides is 1. The van der Waals surface area contributed by atoms with Crippen LogP contribution in [0.1, 0.15) is 60.3 Å². The molecule has 0 radical (unpaired) electrons. The summed E-state index contributed by atoms with van der Waals surface area (Å²) in [6.07, 6.45) is 7.42. The molecule has 29 heavy (non-hydrogen) atoms. The second-order valence-corrected chi connectivity index (χ2v) is 8.72. The maximum atomic E-state index is 12.8. The summed E-state index contributed by atoms with van der Waals surface area (Å²) in [5.74, 6) is 1.66. The Hall–Kier alpha value is -1.24. The quantitative estimate of drug-likeness (QED) is 0.551. The van der Waals surface area contributed by atoms with Crippen molar-refractivity contribution in [2.75, 3.05) is 52.5 Å². The van der Waals surface area contributed by atoms with Gasteiger partial charge in [0.15, 0.2) is 0 Å². The van der Waals surface area contributed by atoms with Crippen molar-refractivity contribution in [2.45, 2.75) is 65.8 Å². The highest BCUT2D eigenvalue weighted by molar-refractivity contribution is 5.78. The van der Waals surface area contributed by atoms with E-state index < -0.39 is 0 Å². The molecule has 2 aliphatic rings. The van der Waals surface area contributed by atoms with Crippen LogP contribution in [-0.2, 0) is 9.53 Å². The molecule has 0 bridgehead atoms. The number of carbonyl (C=O) groups is 1. The summed E-state index contributed by atoms with van der Waals surface area (Å²) in [4.78, 5) is 24.5. The highest BCUT2D eigenvalue weighted by atomic mass is 16.5. The molecule has 0 aromatic heterocycles. The summed E-state index contributed by atoms with van der Waals surface area (Å²) in [6, 6.07) is 0. The molecule has 2 rings (SSSR count). The van der Waals surface area contributed by atoms with E-state index >= 15 is 0 Å². The van der Waals surface area contributed by atoms with Crippen LogP contribution in [0.15, 0.2) is 16.9 Å². The fourth-order valence-electron chi connectivity index (χ4n) is 4.43. The average molecular weight is 407 g/mol. The Morgan fingerprint density at radius 2 is 1.83 bits per heavy atom. The largest absolute Gasteiger partial charge is 0.381 e. The van der Waals surface area contributed by atoms with E-state index in [2.05, 4.69) is 28.6 Å². The van der Waals surface area contributed by atoms with Gasteiger partial charge in [-0.2, -0.15) is 0 Å². The Kier molecular flexibility index (Phi) is 9.80. The summed E-state index contributed by atoms with van der Waals surface area (Å²) in [5.41, 5.74) is -0.0231. The highest BCUT2D eigenvalue weighted by Gasteiger charge is 2.42. The molecule has 1 amide bonds. The first kappa shape index (κ1) is 24.0. The summed E-state index contributed by atoms with van der Waals surface area (Å²) >= 11 is 0. The van der Waals surface area contributed by atoms with Gasteiger partial charge in [-0.15, -0.1) is 0 Å². The predicted octanol–water partition coefficient (Wildman–Crippen LogP) is 3.39. The van der Waals surface area contributed by atoms with Gasteiger partial charge < -0.3 is 9.64 Å². The SMILES string of the molecule is C/C=N\C(=C/C)N(CC1(N2CCN(CCC(C)C)CC2)CCOCC1)C(=O)CC. The van der Waals surface area contributed by atoms with E-state index in [1.54, 1.807) is 6.21 Å². The molecule has 0 N–H and O–H groups in total. The molecule has 0 spiro atoms. The summed E-state index contributed by atoms with van der Waals surface area (Å²) in [6.45, 7) is 18.2. The third kappa shape index (κ3) is 6.63. The Morgan fingerprint density at radius 3 is 2.34 bits per heavy atom. The summed E-state index contributed by atoms with van der Waals surface area (Å²) in [7, 11) is 0. The molecular weight excluding hydrogens is 364 g/mol. The van der Waals surface area contributed by atoms with Crippen LogP contribution in [0, 0.1) is 5.92 Å². The van der Waals surface area contributed by atoms with Crippen molar-refractivity contribution in [3.63, 3.8) is 0 Å². The lowest BCUT2D eigenvalue weighted by Crippen LogP contribution is -2.63. The lowest BCUT2D eigenvalue weighted by molar-refractivity contribution is -0.133. The normalized spacial score (nSPS) is 21.8. The molecule has 2 fully saturated rings. The molecule has 0 unspecified atom stereocenters. The number of ether oxygens (including phenoxy) is 1. The number of nitrogens with zero attached hydrogens (tertiary/aromatic N) is 4. The Morgan fingerprint density at radius 1 is 1.17 bits per heavy atom. The van der Waals surface area contributed by atoms with E-state index in [-0.39, 0.29) is 11.4 Å². The van der Waals surface area contributed by atoms with E-state index in [1.807, 2.05) is 31.7 Å². The molecule has 0 aromatic rings. The standard InChI is InChI=1S/C23H42N4O2/c1-6-21(24-8-3)27(22(28)7-2)19-23(10-17-29-18-11-23)26-15-13-25(14-16-26)12-9-20(4)5/h6,8,20H,7,9-19H2,1-5H3/b21-6+,24-8-. The van der Waals surface area contributed by atoms with Gasteiger partial charge in [0.05, 0.1) is 0 Å². The number of allylic oxidation sites excluding steroid dienone is 1. The summed E-state index contributed by atoms with van der Waals surface area (Å²) in [5, 5.41) is 0. The molecule has 2 aliphatic heterocycles. The van der Waals surface area contributed by atoms with Crippen molar-refractivity contribution in [3.05, 3.63) is 11.9 Å². The van der Waals surface area contributed by atoms with Gasteiger partial charge in [-0.1, -0.05) is 20.8 Å². The van der Waals surface area contributed by atoms with Gasteiger partial charge >= 0.3 is 0 Å². The van der Waals surface area contributed by atoms with Crippen LogP contribution in [-0.4, -0.2) is 84.8 Å². The Labute approximate surface area is 178 Å². The van der Waals surface area contributed by atoms with Gasteiger partial charge in [0.1, 0.15) is 5.82 Å². The third-order valence-corrected chi connectivity index (χ3v) is 6.34. The summed E-state index contributed by atoms with van der Waals surface area (Å²) < 4.78 is 5.72. The monoisotopic (exact) mass is 406 g/mol. The lowest BCUT2D eigenvalue weighted by atomic mass is 9.86. The lowest BCUT2D eigenvalue weighted by Gasteiger charge is -2.51. The third-order valence-electron chi connectivity index (χ3n) is 6.34. The fraction of sp³-hybridized carbons (Fsp3) is 0.826. The van der Waals surface area contributed by atoms with Crippen molar-refractivity contribution in [1.29, 1.82) is 0 Å². The molecule has 0 saturated carbocycles. The molecule has 6 nitrogen and oxygen atoms in total. The second-order valence-electron chi connectivity index (χ2n) is 8.72. The van der Waals surface area contributed by atoms with Crippen molar-refractivity contribution >= 4 is 12.1 Å². The fourth-order valence-corrected chi connectivity index (χ4v) is 4.43. The van der Waals surface area contributed by atoms with Crippen molar-refractivity contribution in [2.24, 2.45) is 10.9 Å². The van der Waals surface area contributed by atoms with Crippen molar-refractivity contribution < 1.29 is 9.53 Å². The van der Waals surface area contributed by atoms with Crippen LogP contribution in [0.3, 0.4) is 0 Å². The molecular formula is C23H42N4O2. The number of hydrogen-bond acceptors (Lipinski definition) is 5. The zero-order valence-corrected chi connectivity index (χ0v) is 19.3. The predicted molar refractivity (Wildman–Crippen MR) is 120 cm³/mol. The molecule has 2 heterocycles. The molecule has 6 heteroatoms. The number of hydrogen-bond donors (Lipinski definition) is 0. The molecule has 0 atom stereocenters. The number of aliphatic imine (C=N–C) groups is 1. The van der Waals surface area contributed by atoms with E-state index in [1.165, 1.54) is 13.0 Å². The highest BCUT2D eigenvalue weighted by Crippen LogP contribution is 2.32. The number of carbonyl (C=O) groups excluding carboxylic acids is 1. The van der Waals surface area contributed by atoms with Gasteiger partial charge in [-0.05, 0) is 51.6 Å². The van der Waals surface area contributed by atoms with E-state index in [9.17, 15) is 4.79 Å². The van der Waals surface area contributed by atoms with Crippen LogP contribution in [0.25, 0.3) is 0 Å².